The molecule has 0 bridgehead atoms. The number of hydrogen-bond donors (Lipinski definition) is 2. The second kappa shape index (κ2) is 8.08. The molecule has 0 spiro atoms. The predicted octanol–water partition coefficient (Wildman–Crippen LogP) is 2.37. The van der Waals surface area contributed by atoms with Crippen LogP contribution >= 0.6 is 0 Å². The Bertz CT molecular complexity index is 1100. The predicted molar refractivity (Wildman–Crippen MR) is 112 cm³/mol. The van der Waals surface area contributed by atoms with Gasteiger partial charge in [-0.1, -0.05) is 12.1 Å². The Morgan fingerprint density at radius 2 is 2.07 bits per heavy atom. The number of rotatable bonds is 4. The van der Waals surface area contributed by atoms with E-state index in [2.05, 4.69) is 10.6 Å². The molecule has 2 aromatic rings. The van der Waals surface area contributed by atoms with Crippen molar-refractivity contribution >= 4 is 33.2 Å². The first-order valence-corrected chi connectivity index (χ1v) is 11.2. The van der Waals surface area contributed by atoms with Crippen molar-refractivity contribution in [2.45, 2.75) is 24.7 Å². The number of anilines is 2. The number of ether oxygens (including phenoxy) is 1. The third-order valence-corrected chi connectivity index (χ3v) is 7.12. The zero-order valence-electron chi connectivity index (χ0n) is 16.6. The smallest absolute Gasteiger partial charge is 0.262 e. The van der Waals surface area contributed by atoms with Crippen molar-refractivity contribution < 1.29 is 22.7 Å². The highest BCUT2D eigenvalue weighted by atomic mass is 32.2. The molecule has 9 heteroatoms. The van der Waals surface area contributed by atoms with Crippen LogP contribution in [-0.4, -0.2) is 44.2 Å². The highest BCUT2D eigenvalue weighted by Gasteiger charge is 2.34. The maximum Gasteiger partial charge on any atom is 0.262 e. The molecule has 1 fully saturated rings. The summed E-state index contributed by atoms with van der Waals surface area (Å²) in [5, 5.41) is 5.51. The van der Waals surface area contributed by atoms with Gasteiger partial charge in [-0.05, 0) is 55.7 Å². The Kier molecular flexibility index (Phi) is 5.48. The molecule has 4 rings (SSSR count). The van der Waals surface area contributed by atoms with Crippen LogP contribution < -0.4 is 15.4 Å². The topological polar surface area (TPSA) is 105 Å². The van der Waals surface area contributed by atoms with E-state index in [9.17, 15) is 18.0 Å². The fourth-order valence-corrected chi connectivity index (χ4v) is 5.26. The Labute approximate surface area is 175 Å². The van der Waals surface area contributed by atoms with Crippen LogP contribution in [0.1, 0.15) is 18.4 Å². The molecule has 0 saturated carbocycles. The first kappa shape index (κ1) is 20.4. The summed E-state index contributed by atoms with van der Waals surface area (Å²) >= 11 is 0. The average molecular weight is 429 g/mol. The molecule has 2 aromatic carbocycles. The normalized spacial score (nSPS) is 19.4. The number of carbonyl (C=O) groups is 2. The maximum atomic E-state index is 13.2. The first-order chi connectivity index (χ1) is 14.3. The molecule has 0 radical (unpaired) electrons. The van der Waals surface area contributed by atoms with Crippen LogP contribution in [0.25, 0.3) is 0 Å². The molecule has 30 heavy (non-hydrogen) atoms. The van der Waals surface area contributed by atoms with Crippen LogP contribution in [-0.2, 0) is 19.6 Å². The van der Waals surface area contributed by atoms with E-state index in [1.165, 1.54) is 22.5 Å². The summed E-state index contributed by atoms with van der Waals surface area (Å²) in [5.74, 6) is -0.521. The summed E-state index contributed by atoms with van der Waals surface area (Å²) in [6.45, 7) is 2.30. The van der Waals surface area contributed by atoms with Crippen molar-refractivity contribution in [3.8, 4) is 5.75 Å². The van der Waals surface area contributed by atoms with E-state index in [1.807, 2.05) is 31.2 Å². The summed E-state index contributed by atoms with van der Waals surface area (Å²) < 4.78 is 33.0. The van der Waals surface area contributed by atoms with E-state index in [0.717, 1.165) is 5.56 Å². The van der Waals surface area contributed by atoms with Crippen LogP contribution in [0.2, 0.25) is 0 Å². The summed E-state index contributed by atoms with van der Waals surface area (Å²) in [4.78, 5) is 24.3. The van der Waals surface area contributed by atoms with Crippen LogP contribution in [0, 0.1) is 12.8 Å². The van der Waals surface area contributed by atoms with Crippen LogP contribution in [0.3, 0.4) is 0 Å². The van der Waals surface area contributed by atoms with Crippen molar-refractivity contribution in [1.29, 1.82) is 0 Å². The van der Waals surface area contributed by atoms with Gasteiger partial charge in [-0.15, -0.1) is 0 Å². The summed E-state index contributed by atoms with van der Waals surface area (Å²) in [6.07, 6.45) is 1.22. The van der Waals surface area contributed by atoms with Crippen LogP contribution in [0.4, 0.5) is 11.4 Å². The second-order valence-corrected chi connectivity index (χ2v) is 9.49. The van der Waals surface area contributed by atoms with Crippen LogP contribution in [0.15, 0.2) is 47.4 Å². The molecule has 158 valence electrons. The largest absolute Gasteiger partial charge is 0.482 e. The number of nitrogens with one attached hydrogen (secondary N) is 2. The Morgan fingerprint density at radius 1 is 1.23 bits per heavy atom. The first-order valence-electron chi connectivity index (χ1n) is 9.77. The lowest BCUT2D eigenvalue weighted by molar-refractivity contribution is -0.121. The molecule has 8 nitrogen and oxygen atoms in total. The van der Waals surface area contributed by atoms with Crippen molar-refractivity contribution in [1.82, 2.24) is 4.31 Å². The maximum absolute atomic E-state index is 13.2. The molecule has 2 aliphatic rings. The number of carbonyl (C=O) groups excluding carboxylic acids is 2. The number of sulfonamides is 1. The highest BCUT2D eigenvalue weighted by molar-refractivity contribution is 7.89. The number of amides is 2. The number of hydrogen-bond acceptors (Lipinski definition) is 5. The van der Waals surface area contributed by atoms with Gasteiger partial charge in [0, 0.05) is 18.8 Å². The molecule has 0 aliphatic carbocycles. The third-order valence-electron chi connectivity index (χ3n) is 5.26. The number of fused-ring (bicyclic) bond motifs is 1. The molecule has 2 amide bonds. The fraction of sp³-hybridized carbons (Fsp3) is 0.333. The van der Waals surface area contributed by atoms with Gasteiger partial charge in [-0.25, -0.2) is 8.42 Å². The van der Waals surface area contributed by atoms with E-state index in [0.29, 0.717) is 36.5 Å². The zero-order valence-corrected chi connectivity index (χ0v) is 17.4. The number of nitrogens with zero attached hydrogens (tertiary/aromatic N) is 1. The zero-order chi connectivity index (χ0) is 21.3. The number of aryl methyl sites for hydroxylation is 1. The average Bonchev–Trinajstić information content (AvgIpc) is 2.73. The van der Waals surface area contributed by atoms with Gasteiger partial charge in [-0.3, -0.25) is 9.59 Å². The minimum absolute atomic E-state index is 0.0618. The summed E-state index contributed by atoms with van der Waals surface area (Å²) in [5.41, 5.74) is 2.06. The molecule has 1 atom stereocenters. The van der Waals surface area contributed by atoms with E-state index >= 15 is 0 Å². The van der Waals surface area contributed by atoms with Gasteiger partial charge in [0.15, 0.2) is 6.61 Å². The minimum atomic E-state index is -3.81. The SMILES string of the molecule is Cc1cccc(NC(=O)[C@H]2CCCN(S(=O)(=O)c3ccc4c(c3)NC(=O)CO4)C2)c1. The fourth-order valence-electron chi connectivity index (χ4n) is 3.71. The molecular formula is C21H23N3O5S. The van der Waals surface area contributed by atoms with Gasteiger partial charge < -0.3 is 15.4 Å². The van der Waals surface area contributed by atoms with Crippen molar-refractivity contribution in [2.24, 2.45) is 5.92 Å². The van der Waals surface area contributed by atoms with Gasteiger partial charge in [0.1, 0.15) is 5.75 Å². The van der Waals surface area contributed by atoms with Crippen LogP contribution in [0.5, 0.6) is 5.75 Å². The molecule has 2 heterocycles. The summed E-state index contributed by atoms with van der Waals surface area (Å²) in [7, 11) is -3.81. The van der Waals surface area contributed by atoms with Crippen molar-refractivity contribution in [3.05, 3.63) is 48.0 Å². The van der Waals surface area contributed by atoms with E-state index in [4.69, 9.17) is 4.74 Å². The lowest BCUT2D eigenvalue weighted by atomic mass is 9.98. The standard InChI is InChI=1S/C21H23N3O5S/c1-14-4-2-6-16(10-14)22-21(26)15-5-3-9-24(12-15)30(27,28)17-7-8-19-18(11-17)23-20(25)13-29-19/h2,4,6-8,10-11,15H,3,5,9,12-13H2,1H3,(H,22,26)(H,23,25)/t15-/m0/s1. The Balaban J connectivity index is 1.50. The van der Waals surface area contributed by atoms with Crippen molar-refractivity contribution in [2.75, 3.05) is 30.3 Å². The second-order valence-electron chi connectivity index (χ2n) is 7.56. The van der Waals surface area contributed by atoms with E-state index in [-0.39, 0.29) is 29.9 Å². The van der Waals surface area contributed by atoms with Gasteiger partial charge in [0.2, 0.25) is 15.9 Å². The van der Waals surface area contributed by atoms with E-state index in [1.54, 1.807) is 0 Å². The van der Waals surface area contributed by atoms with Gasteiger partial charge in [0.05, 0.1) is 16.5 Å². The monoisotopic (exact) mass is 429 g/mol. The molecular weight excluding hydrogens is 406 g/mol. The highest BCUT2D eigenvalue weighted by Crippen LogP contribution is 2.32. The molecule has 2 N–H and O–H groups in total. The number of benzene rings is 2. The number of piperidine rings is 1. The van der Waals surface area contributed by atoms with Crippen molar-refractivity contribution in [3.63, 3.8) is 0 Å². The minimum Gasteiger partial charge on any atom is -0.482 e. The molecule has 2 aliphatic heterocycles. The molecule has 1 saturated heterocycles. The van der Waals surface area contributed by atoms with Gasteiger partial charge >= 0.3 is 0 Å². The van der Waals surface area contributed by atoms with Gasteiger partial charge in [-0.2, -0.15) is 4.31 Å². The lowest BCUT2D eigenvalue weighted by Gasteiger charge is -2.31. The Morgan fingerprint density at radius 3 is 2.87 bits per heavy atom. The Hall–Kier alpha value is -2.91. The quantitative estimate of drug-likeness (QED) is 0.776. The molecule has 0 unspecified atom stereocenters. The lowest BCUT2D eigenvalue weighted by Crippen LogP contribution is -2.43. The van der Waals surface area contributed by atoms with E-state index < -0.39 is 15.9 Å². The summed E-state index contributed by atoms with van der Waals surface area (Å²) in [6, 6.07) is 11.9. The van der Waals surface area contributed by atoms with Gasteiger partial charge in [0.25, 0.3) is 5.91 Å². The molecule has 0 aromatic heterocycles. The third kappa shape index (κ3) is 4.17.